The van der Waals surface area contributed by atoms with Crippen LogP contribution in [0.2, 0.25) is 0 Å². The molecule has 0 aliphatic heterocycles. The predicted molar refractivity (Wildman–Crippen MR) is 138 cm³/mol. The average Bonchev–Trinajstić information content (AvgIpc) is 2.84. The van der Waals surface area contributed by atoms with Gasteiger partial charge in [-0.3, -0.25) is 4.98 Å². The number of nitrogens with zero attached hydrogens (tertiary/aromatic N) is 1. The fourth-order valence-electron chi connectivity index (χ4n) is 4.39. The normalized spacial score (nSPS) is 14.0. The largest absolute Gasteiger partial charge is 0.531 e. The number of pyridine rings is 1. The van der Waals surface area contributed by atoms with Crippen molar-refractivity contribution >= 4 is 19.6 Å². The van der Waals surface area contributed by atoms with Gasteiger partial charge in [0.25, 0.3) is 0 Å². The van der Waals surface area contributed by atoms with E-state index < -0.39 is 19.2 Å². The quantitative estimate of drug-likeness (QED) is 0.311. The van der Waals surface area contributed by atoms with Crippen LogP contribution in [0.4, 0.5) is 4.39 Å². The lowest BCUT2D eigenvalue weighted by Gasteiger charge is -2.25. The molecule has 35 heavy (non-hydrogen) atoms. The Balaban J connectivity index is 2.46. The van der Waals surface area contributed by atoms with E-state index in [9.17, 15) is 18.9 Å². The number of halogens is 1. The van der Waals surface area contributed by atoms with E-state index >= 15 is 0 Å². The summed E-state index contributed by atoms with van der Waals surface area (Å²) in [6, 6.07) is 15.7. The van der Waals surface area contributed by atoms with Gasteiger partial charge in [-0.1, -0.05) is 69.3 Å². The summed E-state index contributed by atoms with van der Waals surface area (Å²) < 4.78 is 32.2. The van der Waals surface area contributed by atoms with Gasteiger partial charge in [-0.25, -0.2) is 9.18 Å². The number of aliphatic carboxylic acids is 1. The first kappa shape index (κ1) is 26.4. The molecule has 7 heteroatoms. The number of rotatable bonds is 9. The van der Waals surface area contributed by atoms with Gasteiger partial charge < -0.3 is 5.11 Å². The van der Waals surface area contributed by atoms with Gasteiger partial charge in [0.15, 0.2) is 0 Å². The summed E-state index contributed by atoms with van der Waals surface area (Å²) >= 11 is 0. The first-order chi connectivity index (χ1) is 16.7. The summed E-state index contributed by atoms with van der Waals surface area (Å²) in [7, 11) is -1.36. The van der Waals surface area contributed by atoms with Crippen LogP contribution < -0.4 is 0 Å². The average molecular weight is 495 g/mol. The lowest BCUT2D eigenvalue weighted by Crippen LogP contribution is -2.36. The Labute approximate surface area is 206 Å². The van der Waals surface area contributed by atoms with Crippen LogP contribution in [0.25, 0.3) is 28.0 Å². The van der Waals surface area contributed by atoms with Crippen LogP contribution in [0.5, 0.6) is 0 Å². The monoisotopic (exact) mass is 494 g/mol. The van der Waals surface area contributed by atoms with Crippen LogP contribution in [0, 0.1) is 18.7 Å². The molecule has 5 nitrogen and oxygen atoms in total. The highest BCUT2D eigenvalue weighted by atomic mass is 31.1. The molecule has 0 spiro atoms. The summed E-state index contributed by atoms with van der Waals surface area (Å²) in [5, 5.41) is 8.61. The maximum absolute atomic E-state index is 13.8. The van der Waals surface area contributed by atoms with Crippen LogP contribution in [0.3, 0.4) is 0 Å². The molecule has 0 aliphatic carbocycles. The summed E-state index contributed by atoms with van der Waals surface area (Å²) in [6.07, 6.45) is 3.50. The van der Waals surface area contributed by atoms with E-state index in [4.69, 9.17) is 9.51 Å². The standard InChI is InChI=1S/C28H29FNO4P/c1-6-28(27(31)32,35(33)34-5)24(16-18(2)3)23-17-30-26(21-10-8-7-9-11-21)19(4)25(23)20-12-14-22(29)15-13-20/h7-18H,6H2,1-5H3/p+1. The number of carbonyl (C=O) groups is 1. The Morgan fingerprint density at radius 3 is 2.29 bits per heavy atom. The summed E-state index contributed by atoms with van der Waals surface area (Å²) in [6.45, 7) is 7.46. The number of benzene rings is 2. The molecule has 2 atom stereocenters. The maximum atomic E-state index is 13.8. The number of carboxylic acid groups (broad SMARTS) is 1. The van der Waals surface area contributed by atoms with E-state index in [2.05, 4.69) is 0 Å². The Morgan fingerprint density at radius 2 is 1.77 bits per heavy atom. The summed E-state index contributed by atoms with van der Waals surface area (Å²) in [4.78, 5) is 17.5. The first-order valence-corrected chi connectivity index (χ1v) is 12.6. The second-order valence-corrected chi connectivity index (χ2v) is 10.3. The third-order valence-corrected chi connectivity index (χ3v) is 7.78. The zero-order valence-corrected chi connectivity index (χ0v) is 21.5. The minimum atomic E-state index is -2.61. The maximum Gasteiger partial charge on any atom is 0.531 e. The van der Waals surface area contributed by atoms with Crippen molar-refractivity contribution in [3.05, 3.63) is 83.8 Å². The smallest absolute Gasteiger partial charge is 0.477 e. The molecule has 0 fully saturated rings. The molecule has 0 amide bonds. The fraction of sp³-hybridized carbons (Fsp3) is 0.286. The summed E-state index contributed by atoms with van der Waals surface area (Å²) in [5.74, 6) is -1.66. The molecule has 2 aromatic carbocycles. The second-order valence-electron chi connectivity index (χ2n) is 8.68. The van der Waals surface area contributed by atoms with Crippen molar-refractivity contribution in [2.75, 3.05) is 7.11 Å². The molecule has 0 saturated heterocycles. The number of carboxylic acids is 1. The van der Waals surface area contributed by atoms with Crippen molar-refractivity contribution in [3.63, 3.8) is 0 Å². The Bertz CT molecular complexity index is 1260. The van der Waals surface area contributed by atoms with E-state index in [0.717, 1.165) is 16.8 Å². The molecule has 3 aromatic rings. The molecule has 0 saturated carbocycles. The van der Waals surface area contributed by atoms with E-state index in [0.29, 0.717) is 22.3 Å². The molecule has 0 radical (unpaired) electrons. The first-order valence-electron chi connectivity index (χ1n) is 11.5. The van der Waals surface area contributed by atoms with Crippen molar-refractivity contribution in [3.8, 4) is 22.4 Å². The van der Waals surface area contributed by atoms with Gasteiger partial charge in [-0.15, -0.1) is 4.52 Å². The van der Waals surface area contributed by atoms with Crippen molar-refractivity contribution in [1.29, 1.82) is 0 Å². The van der Waals surface area contributed by atoms with Crippen LogP contribution in [-0.2, 0) is 13.9 Å². The Morgan fingerprint density at radius 1 is 1.14 bits per heavy atom. The highest BCUT2D eigenvalue weighted by molar-refractivity contribution is 7.43. The van der Waals surface area contributed by atoms with Crippen LogP contribution in [-0.4, -0.2) is 28.3 Å². The van der Waals surface area contributed by atoms with Crippen molar-refractivity contribution in [2.45, 2.75) is 39.3 Å². The molecule has 1 aromatic heterocycles. The number of hydrogen-bond donors (Lipinski definition) is 1. The zero-order valence-electron chi connectivity index (χ0n) is 20.6. The summed E-state index contributed by atoms with van der Waals surface area (Å²) in [5.41, 5.74) is 4.76. The van der Waals surface area contributed by atoms with Crippen molar-refractivity contribution in [1.82, 2.24) is 4.98 Å². The Kier molecular flexibility index (Phi) is 8.31. The van der Waals surface area contributed by atoms with Crippen molar-refractivity contribution in [2.24, 2.45) is 5.92 Å². The molecule has 1 heterocycles. The molecule has 0 bridgehead atoms. The molecular formula is C28H30FNO4P+. The molecule has 2 unspecified atom stereocenters. The number of allylic oxidation sites excluding steroid dienone is 1. The molecule has 182 valence electrons. The van der Waals surface area contributed by atoms with Gasteiger partial charge in [0.2, 0.25) is 0 Å². The van der Waals surface area contributed by atoms with Gasteiger partial charge >= 0.3 is 19.2 Å². The van der Waals surface area contributed by atoms with Crippen molar-refractivity contribution < 1.29 is 23.4 Å². The highest BCUT2D eigenvalue weighted by Crippen LogP contribution is 2.53. The topological polar surface area (TPSA) is 76.5 Å². The third-order valence-electron chi connectivity index (χ3n) is 6.08. The van der Waals surface area contributed by atoms with Gasteiger partial charge in [0, 0.05) is 29.3 Å². The van der Waals surface area contributed by atoms with Crippen LogP contribution in [0.15, 0.2) is 66.9 Å². The second kappa shape index (κ2) is 11.0. The van der Waals surface area contributed by atoms with E-state index in [-0.39, 0.29) is 18.2 Å². The minimum Gasteiger partial charge on any atom is -0.477 e. The van der Waals surface area contributed by atoms with Gasteiger partial charge in [-0.2, -0.15) is 0 Å². The molecule has 3 rings (SSSR count). The van der Waals surface area contributed by atoms with Gasteiger partial charge in [-0.05, 0) is 46.2 Å². The Hall–Kier alpha value is -3.21. The molecular weight excluding hydrogens is 464 g/mol. The zero-order chi connectivity index (χ0) is 25.8. The lowest BCUT2D eigenvalue weighted by molar-refractivity contribution is -0.138. The number of aromatic nitrogens is 1. The molecule has 0 aliphatic rings. The van der Waals surface area contributed by atoms with E-state index in [1.54, 1.807) is 25.3 Å². The SMILES string of the molecule is CCC(C(=O)O)(C(=CC(C)C)c1cnc(-c2ccccc2)c(C)c1-c1ccc(F)cc1)[P+](=O)OC. The van der Waals surface area contributed by atoms with Crippen LogP contribution >= 0.6 is 8.03 Å². The predicted octanol–water partition coefficient (Wildman–Crippen LogP) is 7.52. The van der Waals surface area contributed by atoms with Gasteiger partial charge in [0.05, 0.1) is 12.8 Å². The van der Waals surface area contributed by atoms with E-state index in [1.165, 1.54) is 19.2 Å². The van der Waals surface area contributed by atoms with Crippen LogP contribution in [0.1, 0.15) is 38.3 Å². The third kappa shape index (κ3) is 5.09. The molecule has 1 N–H and O–H groups in total. The minimum absolute atomic E-state index is 0.0479. The van der Waals surface area contributed by atoms with E-state index in [1.807, 2.05) is 57.2 Å². The fourth-order valence-corrected chi connectivity index (χ4v) is 5.51. The lowest BCUT2D eigenvalue weighted by atomic mass is 9.82. The highest BCUT2D eigenvalue weighted by Gasteiger charge is 2.60. The van der Waals surface area contributed by atoms with Gasteiger partial charge in [0.1, 0.15) is 5.82 Å². The number of hydrogen-bond acceptors (Lipinski definition) is 4.